The second-order valence-electron chi connectivity index (χ2n) is 8.68. The monoisotopic (exact) mass is 343 g/mol. The van der Waals surface area contributed by atoms with Crippen LogP contribution in [0.1, 0.15) is 69.3 Å². The number of hydrogen-bond acceptors (Lipinski definition) is 2. The van der Waals surface area contributed by atoms with Gasteiger partial charge < -0.3 is 9.47 Å². The Kier molecular flexibility index (Phi) is 5.14. The number of imidazole rings is 1. The Labute approximate surface area is 152 Å². The fourth-order valence-electron chi connectivity index (χ4n) is 4.71. The summed E-state index contributed by atoms with van der Waals surface area (Å²) in [5.41, 5.74) is 1.31. The molecule has 2 aliphatic carbocycles. The average molecular weight is 344 g/mol. The molecule has 3 fully saturated rings. The third-order valence-corrected chi connectivity index (χ3v) is 6.63. The van der Waals surface area contributed by atoms with Crippen LogP contribution in [0, 0.1) is 24.7 Å². The van der Waals surface area contributed by atoms with Crippen molar-refractivity contribution in [3.8, 4) is 0 Å². The van der Waals surface area contributed by atoms with Crippen LogP contribution >= 0.6 is 0 Å². The van der Waals surface area contributed by atoms with Gasteiger partial charge in [-0.25, -0.2) is 4.98 Å². The smallest absolute Gasteiger partial charge is 0.225 e. The maximum atomic E-state index is 12.7. The molecule has 4 rings (SSSR count). The Morgan fingerprint density at radius 2 is 1.76 bits per heavy atom. The molecular weight excluding hydrogens is 310 g/mol. The first-order valence-electron chi connectivity index (χ1n) is 10.5. The molecule has 1 saturated heterocycles. The van der Waals surface area contributed by atoms with Crippen LogP contribution in [-0.2, 0) is 17.8 Å². The van der Waals surface area contributed by atoms with Gasteiger partial charge >= 0.3 is 0 Å². The van der Waals surface area contributed by atoms with Crippen molar-refractivity contribution < 1.29 is 4.79 Å². The number of amides is 1. The molecule has 1 aromatic heterocycles. The van der Waals surface area contributed by atoms with Crippen LogP contribution in [-0.4, -0.2) is 33.4 Å². The van der Waals surface area contributed by atoms with Crippen molar-refractivity contribution in [3.63, 3.8) is 0 Å². The summed E-state index contributed by atoms with van der Waals surface area (Å²) < 4.78 is 2.46. The highest BCUT2D eigenvalue weighted by Gasteiger charge is 2.30. The third-order valence-electron chi connectivity index (χ3n) is 6.63. The van der Waals surface area contributed by atoms with Crippen LogP contribution in [0.4, 0.5) is 0 Å². The minimum Gasteiger partial charge on any atom is -0.342 e. The fourth-order valence-corrected chi connectivity index (χ4v) is 4.71. The molecule has 4 nitrogen and oxygen atoms in total. The SMILES string of the molecule is Cc1cnc(CC2CCN(C(=O)C3CCCCC3)CC2)n1CC1CC1. The Balaban J connectivity index is 1.29. The van der Waals surface area contributed by atoms with Gasteiger partial charge in [-0.3, -0.25) is 4.79 Å². The normalized spacial score (nSPS) is 23.2. The third kappa shape index (κ3) is 4.09. The highest BCUT2D eigenvalue weighted by Crippen LogP contribution is 2.32. The van der Waals surface area contributed by atoms with Gasteiger partial charge in [0.15, 0.2) is 0 Å². The lowest BCUT2D eigenvalue weighted by Gasteiger charge is -2.35. The molecular formula is C21H33N3O. The van der Waals surface area contributed by atoms with E-state index in [0.717, 1.165) is 51.1 Å². The number of aromatic nitrogens is 2. The van der Waals surface area contributed by atoms with E-state index in [2.05, 4.69) is 16.4 Å². The lowest BCUT2D eigenvalue weighted by atomic mass is 9.86. The van der Waals surface area contributed by atoms with Gasteiger partial charge in [0.25, 0.3) is 0 Å². The lowest BCUT2D eigenvalue weighted by Crippen LogP contribution is -2.42. The van der Waals surface area contributed by atoms with Crippen LogP contribution in [0.15, 0.2) is 6.20 Å². The van der Waals surface area contributed by atoms with E-state index in [9.17, 15) is 4.79 Å². The molecule has 3 aliphatic rings. The summed E-state index contributed by atoms with van der Waals surface area (Å²) in [6, 6.07) is 0. The molecule has 0 unspecified atom stereocenters. The lowest BCUT2D eigenvalue weighted by molar-refractivity contribution is -0.138. The molecule has 0 atom stereocenters. The van der Waals surface area contributed by atoms with E-state index < -0.39 is 0 Å². The Morgan fingerprint density at radius 3 is 2.44 bits per heavy atom. The van der Waals surface area contributed by atoms with Crippen LogP contribution in [0.2, 0.25) is 0 Å². The standard InChI is InChI=1S/C21H33N3O/c1-16-14-22-20(24(16)15-18-7-8-18)13-17-9-11-23(12-10-17)21(25)19-5-3-2-4-6-19/h14,17-19H,2-13,15H2,1H3. The van der Waals surface area contributed by atoms with Crippen molar-refractivity contribution in [3.05, 3.63) is 17.7 Å². The zero-order valence-corrected chi connectivity index (χ0v) is 15.8. The van der Waals surface area contributed by atoms with E-state index in [1.165, 1.54) is 50.2 Å². The van der Waals surface area contributed by atoms with E-state index in [4.69, 9.17) is 4.98 Å². The van der Waals surface area contributed by atoms with E-state index in [1.807, 2.05) is 6.20 Å². The summed E-state index contributed by atoms with van der Waals surface area (Å²) in [6.45, 7) is 5.27. The largest absolute Gasteiger partial charge is 0.342 e. The van der Waals surface area contributed by atoms with Crippen molar-refractivity contribution in [2.75, 3.05) is 13.1 Å². The van der Waals surface area contributed by atoms with Gasteiger partial charge in [0.05, 0.1) is 0 Å². The van der Waals surface area contributed by atoms with Crippen molar-refractivity contribution in [2.24, 2.45) is 17.8 Å². The van der Waals surface area contributed by atoms with Crippen molar-refractivity contribution >= 4 is 5.91 Å². The van der Waals surface area contributed by atoms with E-state index >= 15 is 0 Å². The van der Waals surface area contributed by atoms with Crippen molar-refractivity contribution in [1.82, 2.24) is 14.5 Å². The number of carbonyl (C=O) groups is 1. The second kappa shape index (κ2) is 7.51. The predicted molar refractivity (Wildman–Crippen MR) is 99.3 cm³/mol. The van der Waals surface area contributed by atoms with Gasteiger partial charge in [-0.1, -0.05) is 19.3 Å². The van der Waals surface area contributed by atoms with Gasteiger partial charge in [-0.05, 0) is 57.3 Å². The van der Waals surface area contributed by atoms with E-state index in [1.54, 1.807) is 0 Å². The minimum atomic E-state index is 0.324. The summed E-state index contributed by atoms with van der Waals surface area (Å²) in [7, 11) is 0. The first kappa shape index (κ1) is 17.1. The molecule has 0 bridgehead atoms. The molecule has 1 aromatic rings. The van der Waals surface area contributed by atoms with Crippen LogP contribution < -0.4 is 0 Å². The Bertz CT molecular complexity index is 590. The Morgan fingerprint density at radius 1 is 1.04 bits per heavy atom. The summed E-state index contributed by atoms with van der Waals surface area (Å²) in [4.78, 5) is 19.6. The molecule has 0 aromatic carbocycles. The molecule has 2 saturated carbocycles. The van der Waals surface area contributed by atoms with Gasteiger partial charge in [0.1, 0.15) is 5.82 Å². The average Bonchev–Trinajstić information content (AvgIpc) is 3.42. The topological polar surface area (TPSA) is 38.1 Å². The van der Waals surface area contributed by atoms with Crippen LogP contribution in [0.3, 0.4) is 0 Å². The fraction of sp³-hybridized carbons (Fsp3) is 0.810. The number of aryl methyl sites for hydroxylation is 1. The molecule has 1 amide bonds. The molecule has 25 heavy (non-hydrogen) atoms. The zero-order valence-electron chi connectivity index (χ0n) is 15.8. The molecule has 138 valence electrons. The first-order valence-corrected chi connectivity index (χ1v) is 10.5. The summed E-state index contributed by atoms with van der Waals surface area (Å²) >= 11 is 0. The number of piperidine rings is 1. The quantitative estimate of drug-likeness (QED) is 0.811. The minimum absolute atomic E-state index is 0.324. The highest BCUT2D eigenvalue weighted by molar-refractivity contribution is 5.79. The van der Waals surface area contributed by atoms with Gasteiger partial charge in [0, 0.05) is 43.9 Å². The van der Waals surface area contributed by atoms with Crippen molar-refractivity contribution in [1.29, 1.82) is 0 Å². The zero-order chi connectivity index (χ0) is 17.2. The molecule has 0 radical (unpaired) electrons. The van der Waals surface area contributed by atoms with Gasteiger partial charge in [0.2, 0.25) is 5.91 Å². The highest BCUT2D eigenvalue weighted by atomic mass is 16.2. The maximum absolute atomic E-state index is 12.7. The van der Waals surface area contributed by atoms with Crippen molar-refractivity contribution in [2.45, 2.75) is 77.7 Å². The number of likely N-dealkylation sites (tertiary alicyclic amines) is 1. The van der Waals surface area contributed by atoms with Crippen LogP contribution in [0.5, 0.6) is 0 Å². The maximum Gasteiger partial charge on any atom is 0.225 e. The second-order valence-corrected chi connectivity index (χ2v) is 8.68. The van der Waals surface area contributed by atoms with Gasteiger partial charge in [-0.2, -0.15) is 0 Å². The Hall–Kier alpha value is -1.32. The molecule has 4 heteroatoms. The number of carbonyl (C=O) groups excluding carboxylic acids is 1. The van der Waals surface area contributed by atoms with E-state index in [0.29, 0.717) is 17.7 Å². The molecule has 0 N–H and O–H groups in total. The molecule has 0 spiro atoms. The summed E-state index contributed by atoms with van der Waals surface area (Å²) in [5, 5.41) is 0. The summed E-state index contributed by atoms with van der Waals surface area (Å²) in [6.07, 6.45) is 14.3. The number of rotatable bonds is 5. The van der Waals surface area contributed by atoms with Gasteiger partial charge in [-0.15, -0.1) is 0 Å². The first-order chi connectivity index (χ1) is 12.2. The number of nitrogens with zero attached hydrogens (tertiary/aromatic N) is 3. The predicted octanol–water partition coefficient (Wildman–Crippen LogP) is 3.96. The van der Waals surface area contributed by atoms with Crippen LogP contribution in [0.25, 0.3) is 0 Å². The number of hydrogen-bond donors (Lipinski definition) is 0. The molecule has 2 heterocycles. The summed E-state index contributed by atoms with van der Waals surface area (Å²) in [5.74, 6) is 3.63. The van der Waals surface area contributed by atoms with E-state index in [-0.39, 0.29) is 0 Å². The molecule has 1 aliphatic heterocycles.